The van der Waals surface area contributed by atoms with E-state index in [-0.39, 0.29) is 10.7 Å². The molecule has 106 valence electrons. The molecule has 0 amide bonds. The first-order valence-corrected chi connectivity index (χ1v) is 6.79. The Labute approximate surface area is 135 Å². The quantitative estimate of drug-likeness (QED) is 0.727. The summed E-state index contributed by atoms with van der Waals surface area (Å²) < 4.78 is 1.39. The Bertz CT molecular complexity index is 964. The number of benzene rings is 1. The molecule has 0 radical (unpaired) electrons. The van der Waals surface area contributed by atoms with E-state index in [9.17, 15) is 5.26 Å². The maximum absolute atomic E-state index is 9.30. The average Bonchev–Trinajstić information content (AvgIpc) is 2.89. The van der Waals surface area contributed by atoms with Crippen LogP contribution >= 0.6 is 23.2 Å². The van der Waals surface area contributed by atoms with Crippen LogP contribution in [0, 0.1) is 22.7 Å². The van der Waals surface area contributed by atoms with Crippen molar-refractivity contribution in [2.24, 2.45) is 0 Å². The average molecular weight is 329 g/mol. The molecular weight excluding hydrogens is 323 g/mol. The predicted molar refractivity (Wildman–Crippen MR) is 82.2 cm³/mol. The van der Waals surface area contributed by atoms with Gasteiger partial charge in [0.05, 0.1) is 17.8 Å². The molecule has 0 saturated heterocycles. The zero-order chi connectivity index (χ0) is 15.7. The number of aromatic nitrogens is 3. The van der Waals surface area contributed by atoms with E-state index < -0.39 is 0 Å². The number of anilines is 2. The van der Waals surface area contributed by atoms with Crippen molar-refractivity contribution in [2.45, 2.75) is 0 Å². The van der Waals surface area contributed by atoms with Crippen LogP contribution in [0.1, 0.15) is 11.1 Å². The normalized spacial score (nSPS) is 10.2. The van der Waals surface area contributed by atoms with Crippen molar-refractivity contribution in [1.29, 1.82) is 10.5 Å². The summed E-state index contributed by atoms with van der Waals surface area (Å²) in [4.78, 5) is 4.06. The highest BCUT2D eigenvalue weighted by Gasteiger charge is 2.17. The molecule has 8 heteroatoms. The van der Waals surface area contributed by atoms with Crippen molar-refractivity contribution in [1.82, 2.24) is 14.6 Å². The van der Waals surface area contributed by atoms with Gasteiger partial charge in [-0.15, -0.1) is 0 Å². The SMILES string of the molecule is N#Cc1cccc(Nc2c(C#N)c(Cl)nc3c(Cl)cnn23)c1. The van der Waals surface area contributed by atoms with Crippen molar-refractivity contribution in [3.8, 4) is 12.1 Å². The van der Waals surface area contributed by atoms with E-state index >= 15 is 0 Å². The molecule has 0 bridgehead atoms. The Hall–Kier alpha value is -2.80. The van der Waals surface area contributed by atoms with Gasteiger partial charge in [0, 0.05) is 5.69 Å². The van der Waals surface area contributed by atoms with Crippen LogP contribution < -0.4 is 5.32 Å². The Kier molecular flexibility index (Phi) is 3.56. The molecule has 0 aliphatic heterocycles. The van der Waals surface area contributed by atoms with Gasteiger partial charge in [0.1, 0.15) is 16.7 Å². The second-order valence-electron chi connectivity index (χ2n) is 4.28. The third-order valence-corrected chi connectivity index (χ3v) is 3.47. The van der Waals surface area contributed by atoms with Crippen LogP contribution in [0.3, 0.4) is 0 Å². The maximum Gasteiger partial charge on any atom is 0.177 e. The summed E-state index contributed by atoms with van der Waals surface area (Å²) in [5.74, 6) is 0.333. The van der Waals surface area contributed by atoms with Gasteiger partial charge in [-0.05, 0) is 18.2 Å². The van der Waals surface area contributed by atoms with E-state index in [2.05, 4.69) is 15.4 Å². The van der Waals surface area contributed by atoms with Crippen molar-refractivity contribution < 1.29 is 0 Å². The second-order valence-corrected chi connectivity index (χ2v) is 5.05. The molecule has 22 heavy (non-hydrogen) atoms. The first-order valence-electron chi connectivity index (χ1n) is 6.04. The minimum Gasteiger partial charge on any atom is -0.339 e. The highest BCUT2D eigenvalue weighted by Crippen LogP contribution is 2.29. The molecule has 6 nitrogen and oxygen atoms in total. The van der Waals surface area contributed by atoms with Crippen LogP contribution in [0.4, 0.5) is 11.5 Å². The smallest absolute Gasteiger partial charge is 0.177 e. The van der Waals surface area contributed by atoms with Gasteiger partial charge < -0.3 is 5.32 Å². The van der Waals surface area contributed by atoms with Gasteiger partial charge in [-0.2, -0.15) is 20.1 Å². The summed E-state index contributed by atoms with van der Waals surface area (Å²) in [6, 6.07) is 10.8. The monoisotopic (exact) mass is 328 g/mol. The minimum atomic E-state index is 0.0244. The summed E-state index contributed by atoms with van der Waals surface area (Å²) in [7, 11) is 0. The fourth-order valence-electron chi connectivity index (χ4n) is 1.96. The molecule has 0 atom stereocenters. The molecule has 0 fully saturated rings. The van der Waals surface area contributed by atoms with E-state index in [0.717, 1.165) is 0 Å². The lowest BCUT2D eigenvalue weighted by Gasteiger charge is -2.11. The molecule has 0 aliphatic carbocycles. The van der Waals surface area contributed by atoms with Crippen molar-refractivity contribution in [3.05, 3.63) is 51.8 Å². The van der Waals surface area contributed by atoms with Crippen LogP contribution in [-0.4, -0.2) is 14.6 Å². The lowest BCUT2D eigenvalue weighted by molar-refractivity contribution is 0.943. The molecule has 1 aromatic carbocycles. The van der Waals surface area contributed by atoms with Crippen molar-refractivity contribution >= 4 is 40.4 Å². The first-order chi connectivity index (χ1) is 10.6. The topological polar surface area (TPSA) is 89.8 Å². The molecule has 2 heterocycles. The van der Waals surface area contributed by atoms with E-state index in [1.807, 2.05) is 12.1 Å². The Morgan fingerprint density at radius 2 is 2.00 bits per heavy atom. The first kappa shape index (κ1) is 14.2. The molecule has 0 unspecified atom stereocenters. The van der Waals surface area contributed by atoms with Crippen LogP contribution in [-0.2, 0) is 0 Å². The highest BCUT2D eigenvalue weighted by molar-refractivity contribution is 6.34. The summed E-state index contributed by atoms with van der Waals surface area (Å²) in [6.45, 7) is 0. The number of nitrogens with zero attached hydrogens (tertiary/aromatic N) is 5. The number of nitriles is 2. The van der Waals surface area contributed by atoms with E-state index in [0.29, 0.717) is 27.7 Å². The Morgan fingerprint density at radius 1 is 1.18 bits per heavy atom. The molecule has 3 aromatic rings. The Morgan fingerprint density at radius 3 is 2.73 bits per heavy atom. The van der Waals surface area contributed by atoms with Crippen LogP contribution in [0.15, 0.2) is 30.5 Å². The van der Waals surface area contributed by atoms with Gasteiger partial charge in [-0.3, -0.25) is 0 Å². The number of hydrogen-bond acceptors (Lipinski definition) is 5. The maximum atomic E-state index is 9.30. The third kappa shape index (κ3) is 2.31. The number of fused-ring (bicyclic) bond motifs is 1. The van der Waals surface area contributed by atoms with Crippen molar-refractivity contribution in [3.63, 3.8) is 0 Å². The summed E-state index contributed by atoms with van der Waals surface area (Å²) in [6.07, 6.45) is 1.41. The van der Waals surface area contributed by atoms with Gasteiger partial charge in [-0.25, -0.2) is 4.98 Å². The zero-order valence-electron chi connectivity index (χ0n) is 10.9. The van der Waals surface area contributed by atoms with Gasteiger partial charge in [-0.1, -0.05) is 29.3 Å². The summed E-state index contributed by atoms with van der Waals surface area (Å²) in [5, 5.41) is 25.7. The number of hydrogen-bond donors (Lipinski definition) is 1. The Balaban J connectivity index is 2.21. The molecule has 0 spiro atoms. The fourth-order valence-corrected chi connectivity index (χ4v) is 2.33. The lowest BCUT2D eigenvalue weighted by Crippen LogP contribution is -2.05. The van der Waals surface area contributed by atoms with Crippen LogP contribution in [0.5, 0.6) is 0 Å². The predicted octanol–water partition coefficient (Wildman–Crippen LogP) is 3.52. The third-order valence-electron chi connectivity index (χ3n) is 2.93. The fraction of sp³-hybridized carbons (Fsp3) is 0. The zero-order valence-corrected chi connectivity index (χ0v) is 12.4. The molecule has 3 rings (SSSR count). The minimum absolute atomic E-state index is 0.0244. The largest absolute Gasteiger partial charge is 0.339 e. The van der Waals surface area contributed by atoms with Crippen LogP contribution in [0.25, 0.3) is 5.65 Å². The number of halogens is 2. The van der Waals surface area contributed by atoms with E-state index in [1.54, 1.807) is 24.3 Å². The summed E-state index contributed by atoms with van der Waals surface area (Å²) in [5.41, 5.74) is 1.57. The molecule has 2 aromatic heterocycles. The lowest BCUT2D eigenvalue weighted by atomic mass is 10.2. The number of rotatable bonds is 2. The van der Waals surface area contributed by atoms with Gasteiger partial charge >= 0.3 is 0 Å². The molecule has 1 N–H and O–H groups in total. The van der Waals surface area contributed by atoms with Gasteiger partial charge in [0.2, 0.25) is 0 Å². The van der Waals surface area contributed by atoms with E-state index in [4.69, 9.17) is 28.5 Å². The summed E-state index contributed by atoms with van der Waals surface area (Å²) >= 11 is 12.0. The second kappa shape index (κ2) is 5.53. The van der Waals surface area contributed by atoms with Crippen LogP contribution in [0.2, 0.25) is 10.2 Å². The standard InChI is InChI=1S/C14H6Cl2N6/c15-11-7-19-22-13(10(6-18)12(16)21-14(11)22)20-9-3-1-2-8(4-9)5-17/h1-4,7,20H. The van der Waals surface area contributed by atoms with E-state index in [1.165, 1.54) is 10.7 Å². The highest BCUT2D eigenvalue weighted by atomic mass is 35.5. The van der Waals surface area contributed by atoms with Crippen molar-refractivity contribution in [2.75, 3.05) is 5.32 Å². The van der Waals surface area contributed by atoms with Gasteiger partial charge in [0.25, 0.3) is 0 Å². The molecule has 0 aliphatic rings. The molecule has 0 saturated carbocycles. The molecular formula is C14H6Cl2N6. The van der Waals surface area contributed by atoms with Gasteiger partial charge in [0.15, 0.2) is 16.6 Å². The number of nitrogens with one attached hydrogen (secondary N) is 1.